The third-order valence-corrected chi connectivity index (χ3v) is 7.05. The van der Waals surface area contributed by atoms with E-state index in [1.165, 1.54) is 24.3 Å². The first-order chi connectivity index (χ1) is 13.2. The first-order valence-corrected chi connectivity index (χ1v) is 10.7. The first kappa shape index (κ1) is 17.1. The van der Waals surface area contributed by atoms with E-state index < -0.39 is 0 Å². The molecule has 0 spiro atoms. The van der Waals surface area contributed by atoms with Gasteiger partial charge in [-0.25, -0.2) is 4.98 Å². The van der Waals surface area contributed by atoms with Crippen molar-refractivity contribution in [2.75, 3.05) is 32.7 Å². The van der Waals surface area contributed by atoms with Gasteiger partial charge in [-0.05, 0) is 44.2 Å². The first-order valence-electron chi connectivity index (χ1n) is 9.87. The SMILES string of the molecule is O=C(N[C@@H]1C[C@H]2CCN(C2)C1)c1cc2c(C(=O)N3CCCC3)csc2cn1. The van der Waals surface area contributed by atoms with Gasteiger partial charge < -0.3 is 15.1 Å². The maximum Gasteiger partial charge on any atom is 0.270 e. The van der Waals surface area contributed by atoms with Crippen LogP contribution in [-0.2, 0) is 0 Å². The number of piperidine rings is 1. The number of carbonyl (C=O) groups excluding carboxylic acids is 2. The Kier molecular flexibility index (Phi) is 4.36. The molecule has 3 aliphatic heterocycles. The molecule has 5 heterocycles. The third-order valence-electron chi connectivity index (χ3n) is 6.12. The minimum atomic E-state index is -0.129. The zero-order valence-corrected chi connectivity index (χ0v) is 16.1. The van der Waals surface area contributed by atoms with Crippen LogP contribution in [0.15, 0.2) is 17.6 Å². The second-order valence-electron chi connectivity index (χ2n) is 8.03. The van der Waals surface area contributed by atoms with Gasteiger partial charge in [0.15, 0.2) is 0 Å². The van der Waals surface area contributed by atoms with Crippen LogP contribution in [0.3, 0.4) is 0 Å². The predicted molar refractivity (Wildman–Crippen MR) is 105 cm³/mol. The predicted octanol–water partition coefficient (Wildman–Crippen LogP) is 2.36. The fourth-order valence-electron chi connectivity index (χ4n) is 4.74. The summed E-state index contributed by atoms with van der Waals surface area (Å²) in [5.74, 6) is 0.657. The van der Waals surface area contributed by atoms with Crippen LogP contribution >= 0.6 is 11.3 Å². The van der Waals surface area contributed by atoms with E-state index in [9.17, 15) is 9.59 Å². The molecule has 142 valence electrons. The molecule has 1 N–H and O–H groups in total. The molecule has 0 aromatic carbocycles. The van der Waals surface area contributed by atoms with Gasteiger partial charge in [-0.1, -0.05) is 0 Å². The number of fused-ring (bicyclic) bond motifs is 3. The molecular formula is C20H24N4O2S. The molecule has 3 saturated heterocycles. The minimum absolute atomic E-state index is 0.0768. The van der Waals surface area contributed by atoms with Gasteiger partial charge in [-0.15, -0.1) is 11.3 Å². The van der Waals surface area contributed by atoms with E-state index in [2.05, 4.69) is 15.2 Å². The topological polar surface area (TPSA) is 65.5 Å². The summed E-state index contributed by atoms with van der Waals surface area (Å²) in [6, 6.07) is 1.99. The van der Waals surface area contributed by atoms with Crippen molar-refractivity contribution in [3.63, 3.8) is 0 Å². The fraction of sp³-hybridized carbons (Fsp3) is 0.550. The van der Waals surface area contributed by atoms with Crippen molar-refractivity contribution in [3.05, 3.63) is 28.9 Å². The lowest BCUT2D eigenvalue weighted by molar-refractivity contribution is 0.0794. The Balaban J connectivity index is 1.36. The Morgan fingerprint density at radius 2 is 2.04 bits per heavy atom. The summed E-state index contributed by atoms with van der Waals surface area (Å²) in [5, 5.41) is 5.92. The Morgan fingerprint density at radius 1 is 1.19 bits per heavy atom. The number of pyridine rings is 1. The number of thiophene rings is 1. The molecule has 7 heteroatoms. The highest BCUT2D eigenvalue weighted by Crippen LogP contribution is 2.29. The average Bonchev–Trinajstić information content (AvgIpc) is 3.40. The summed E-state index contributed by atoms with van der Waals surface area (Å²) in [5.41, 5.74) is 1.11. The van der Waals surface area contributed by atoms with Crippen LogP contribution in [0.5, 0.6) is 0 Å². The lowest BCUT2D eigenvalue weighted by Crippen LogP contribution is -2.47. The van der Waals surface area contributed by atoms with Crippen molar-refractivity contribution in [2.45, 2.75) is 31.7 Å². The number of nitrogens with zero attached hydrogens (tertiary/aromatic N) is 3. The molecular weight excluding hydrogens is 360 g/mol. The number of hydrogen-bond acceptors (Lipinski definition) is 5. The van der Waals surface area contributed by atoms with E-state index in [1.54, 1.807) is 12.3 Å². The normalized spacial score (nSPS) is 27.3. The number of nitrogens with one attached hydrogen (secondary N) is 1. The second-order valence-corrected chi connectivity index (χ2v) is 8.95. The Labute approximate surface area is 162 Å². The Bertz CT molecular complexity index is 877. The van der Waals surface area contributed by atoms with Crippen LogP contribution in [0, 0.1) is 5.92 Å². The van der Waals surface area contributed by atoms with Crippen LogP contribution in [0.2, 0.25) is 0 Å². The highest BCUT2D eigenvalue weighted by molar-refractivity contribution is 7.17. The molecule has 0 saturated carbocycles. The summed E-state index contributed by atoms with van der Waals surface area (Å²) in [7, 11) is 0. The largest absolute Gasteiger partial charge is 0.347 e. The molecule has 0 radical (unpaired) electrons. The van der Waals surface area contributed by atoms with Gasteiger partial charge in [-0.2, -0.15) is 0 Å². The molecule has 3 atom stereocenters. The number of aromatic nitrogens is 1. The van der Waals surface area contributed by atoms with Crippen molar-refractivity contribution < 1.29 is 9.59 Å². The van der Waals surface area contributed by atoms with Crippen molar-refractivity contribution in [1.82, 2.24) is 20.1 Å². The number of hydrogen-bond donors (Lipinski definition) is 1. The van der Waals surface area contributed by atoms with E-state index in [-0.39, 0.29) is 17.9 Å². The van der Waals surface area contributed by atoms with E-state index in [0.717, 1.165) is 55.5 Å². The van der Waals surface area contributed by atoms with Crippen LogP contribution in [-0.4, -0.2) is 65.4 Å². The van der Waals surface area contributed by atoms with E-state index in [0.29, 0.717) is 17.2 Å². The van der Waals surface area contributed by atoms with Crippen molar-refractivity contribution in [2.24, 2.45) is 5.92 Å². The molecule has 5 rings (SSSR count). The molecule has 1 unspecified atom stereocenters. The lowest BCUT2D eigenvalue weighted by atomic mass is 9.97. The maximum atomic E-state index is 12.8. The van der Waals surface area contributed by atoms with Crippen LogP contribution in [0.25, 0.3) is 10.1 Å². The molecule has 0 aliphatic carbocycles. The lowest BCUT2D eigenvalue weighted by Gasteiger charge is -2.30. The van der Waals surface area contributed by atoms with Crippen molar-refractivity contribution >= 4 is 33.2 Å². The van der Waals surface area contributed by atoms with Crippen molar-refractivity contribution in [1.29, 1.82) is 0 Å². The van der Waals surface area contributed by atoms with Gasteiger partial charge in [0.2, 0.25) is 0 Å². The summed E-state index contributed by atoms with van der Waals surface area (Å²) >= 11 is 1.52. The number of rotatable bonds is 3. The molecule has 2 aromatic rings. The molecule has 2 bridgehead atoms. The summed E-state index contributed by atoms with van der Waals surface area (Å²) in [6.45, 7) is 4.91. The van der Waals surface area contributed by atoms with Gasteiger partial charge in [0.1, 0.15) is 5.69 Å². The van der Waals surface area contributed by atoms with Gasteiger partial charge in [0, 0.05) is 49.2 Å². The zero-order chi connectivity index (χ0) is 18.4. The Hall–Kier alpha value is -1.99. The van der Waals surface area contributed by atoms with E-state index in [1.807, 2.05) is 10.3 Å². The third kappa shape index (κ3) is 3.23. The minimum Gasteiger partial charge on any atom is -0.347 e. The smallest absolute Gasteiger partial charge is 0.270 e. The number of amides is 2. The maximum absolute atomic E-state index is 12.8. The quantitative estimate of drug-likeness (QED) is 0.882. The summed E-state index contributed by atoms with van der Waals surface area (Å²) < 4.78 is 0.955. The highest BCUT2D eigenvalue weighted by Gasteiger charge is 2.33. The van der Waals surface area contributed by atoms with Gasteiger partial charge in [-0.3, -0.25) is 9.59 Å². The van der Waals surface area contributed by atoms with Gasteiger partial charge >= 0.3 is 0 Å². The average molecular weight is 385 g/mol. The number of likely N-dealkylation sites (tertiary alicyclic amines) is 1. The van der Waals surface area contributed by atoms with Crippen molar-refractivity contribution in [3.8, 4) is 0 Å². The van der Waals surface area contributed by atoms with Gasteiger partial charge in [0.25, 0.3) is 11.8 Å². The van der Waals surface area contributed by atoms with Gasteiger partial charge in [0.05, 0.1) is 10.3 Å². The molecule has 2 aromatic heterocycles. The van der Waals surface area contributed by atoms with Crippen LogP contribution < -0.4 is 5.32 Å². The zero-order valence-electron chi connectivity index (χ0n) is 15.3. The second kappa shape index (κ2) is 6.87. The molecule has 6 nitrogen and oxygen atoms in total. The summed E-state index contributed by atoms with van der Waals surface area (Å²) in [6.07, 6.45) is 6.17. The molecule has 3 fully saturated rings. The molecule has 27 heavy (non-hydrogen) atoms. The monoisotopic (exact) mass is 384 g/mol. The van der Waals surface area contributed by atoms with Crippen LogP contribution in [0.1, 0.15) is 46.5 Å². The number of carbonyl (C=O) groups is 2. The Morgan fingerprint density at radius 3 is 2.85 bits per heavy atom. The van der Waals surface area contributed by atoms with E-state index >= 15 is 0 Å². The van der Waals surface area contributed by atoms with E-state index in [4.69, 9.17) is 0 Å². The molecule has 3 aliphatic rings. The molecule has 2 amide bonds. The summed E-state index contributed by atoms with van der Waals surface area (Å²) in [4.78, 5) is 34.3. The fourth-order valence-corrected chi connectivity index (χ4v) is 5.62. The van der Waals surface area contributed by atoms with Crippen LogP contribution in [0.4, 0.5) is 0 Å². The highest BCUT2D eigenvalue weighted by atomic mass is 32.1. The standard InChI is InChI=1S/C20H24N4O2S/c25-19(22-14-7-13-3-6-23(10-13)11-14)17-8-15-16(12-27-18(15)9-21-17)20(26)24-4-1-2-5-24/h8-9,12-14H,1-7,10-11H2,(H,22,25)/t13-,14-/m1/s1.